The summed E-state index contributed by atoms with van der Waals surface area (Å²) in [7, 11) is 1.78. The monoisotopic (exact) mass is 262 g/mol. The first-order valence-corrected chi connectivity index (χ1v) is 7.09. The van der Waals surface area contributed by atoms with Crippen LogP contribution in [0.15, 0.2) is 24.4 Å². The molecule has 2 saturated heterocycles. The maximum atomic E-state index is 6.02. The van der Waals surface area contributed by atoms with Crippen molar-refractivity contribution in [3.63, 3.8) is 0 Å². The van der Waals surface area contributed by atoms with E-state index in [1.807, 2.05) is 12.3 Å². The summed E-state index contributed by atoms with van der Waals surface area (Å²) in [6.07, 6.45) is 5.44. The summed E-state index contributed by atoms with van der Waals surface area (Å²) in [5, 5.41) is 0. The minimum Gasteiger partial charge on any atom is -0.379 e. The van der Waals surface area contributed by atoms with E-state index in [9.17, 15) is 0 Å². The molecule has 1 aromatic heterocycles. The highest BCUT2D eigenvalue weighted by molar-refractivity contribution is 5.04. The number of piperidine rings is 1. The maximum absolute atomic E-state index is 6.02. The molecule has 0 saturated carbocycles. The SMILES string of the molecule is COC1COC2(CCN(Cc3ccccn3)CC2)C1. The van der Waals surface area contributed by atoms with Crippen molar-refractivity contribution < 1.29 is 9.47 Å². The van der Waals surface area contributed by atoms with E-state index >= 15 is 0 Å². The Balaban J connectivity index is 1.53. The van der Waals surface area contributed by atoms with Gasteiger partial charge in [0.25, 0.3) is 0 Å². The number of hydrogen-bond donors (Lipinski definition) is 0. The van der Waals surface area contributed by atoms with Crippen LogP contribution in [-0.4, -0.2) is 48.4 Å². The fourth-order valence-electron chi connectivity index (χ4n) is 3.14. The minimum atomic E-state index is 0.0846. The molecule has 4 heteroatoms. The van der Waals surface area contributed by atoms with Crippen molar-refractivity contribution in [3.05, 3.63) is 30.1 Å². The molecule has 0 bridgehead atoms. The van der Waals surface area contributed by atoms with E-state index < -0.39 is 0 Å². The Hall–Kier alpha value is -0.970. The molecule has 1 unspecified atom stereocenters. The lowest BCUT2D eigenvalue weighted by Gasteiger charge is -2.38. The summed E-state index contributed by atoms with van der Waals surface area (Å²) in [5.74, 6) is 0. The lowest BCUT2D eigenvalue weighted by molar-refractivity contribution is -0.0461. The van der Waals surface area contributed by atoms with Crippen molar-refractivity contribution in [2.45, 2.75) is 37.5 Å². The molecule has 19 heavy (non-hydrogen) atoms. The van der Waals surface area contributed by atoms with Gasteiger partial charge in [-0.1, -0.05) is 6.07 Å². The third-order valence-electron chi connectivity index (χ3n) is 4.39. The summed E-state index contributed by atoms with van der Waals surface area (Å²) in [4.78, 5) is 6.86. The first kappa shape index (κ1) is 13.0. The zero-order valence-corrected chi connectivity index (χ0v) is 11.5. The van der Waals surface area contributed by atoms with Crippen LogP contribution in [0.25, 0.3) is 0 Å². The van der Waals surface area contributed by atoms with Gasteiger partial charge in [0, 0.05) is 39.4 Å². The van der Waals surface area contributed by atoms with E-state index in [1.54, 1.807) is 7.11 Å². The van der Waals surface area contributed by atoms with Crippen LogP contribution in [0.1, 0.15) is 25.0 Å². The number of nitrogens with zero attached hydrogens (tertiary/aromatic N) is 2. The number of likely N-dealkylation sites (tertiary alicyclic amines) is 1. The molecular formula is C15H22N2O2. The summed E-state index contributed by atoms with van der Waals surface area (Å²) in [6.45, 7) is 3.89. The Morgan fingerprint density at radius 1 is 1.42 bits per heavy atom. The molecule has 2 aliphatic rings. The lowest BCUT2D eigenvalue weighted by Crippen LogP contribution is -2.44. The highest BCUT2D eigenvalue weighted by atomic mass is 16.6. The van der Waals surface area contributed by atoms with Gasteiger partial charge in [0.15, 0.2) is 0 Å². The van der Waals surface area contributed by atoms with E-state index in [1.165, 1.54) is 0 Å². The van der Waals surface area contributed by atoms with Crippen molar-refractivity contribution in [1.82, 2.24) is 9.88 Å². The first-order valence-electron chi connectivity index (χ1n) is 7.09. The average molecular weight is 262 g/mol. The van der Waals surface area contributed by atoms with E-state index in [4.69, 9.17) is 9.47 Å². The number of aromatic nitrogens is 1. The van der Waals surface area contributed by atoms with Crippen LogP contribution in [0.2, 0.25) is 0 Å². The van der Waals surface area contributed by atoms with E-state index in [2.05, 4.69) is 22.0 Å². The van der Waals surface area contributed by atoms with Crippen LogP contribution in [0, 0.1) is 0 Å². The number of hydrogen-bond acceptors (Lipinski definition) is 4. The number of methoxy groups -OCH3 is 1. The molecule has 2 aliphatic heterocycles. The fourth-order valence-corrected chi connectivity index (χ4v) is 3.14. The van der Waals surface area contributed by atoms with Crippen LogP contribution >= 0.6 is 0 Å². The largest absolute Gasteiger partial charge is 0.379 e. The standard InChI is InChI=1S/C15H22N2O2/c1-18-14-10-15(19-12-14)5-8-17(9-6-15)11-13-4-2-3-7-16-13/h2-4,7,14H,5-6,8-12H2,1H3. The van der Waals surface area contributed by atoms with Crippen LogP contribution in [-0.2, 0) is 16.0 Å². The molecule has 0 aromatic carbocycles. The Morgan fingerprint density at radius 2 is 2.26 bits per heavy atom. The van der Waals surface area contributed by atoms with Crippen molar-refractivity contribution in [3.8, 4) is 0 Å². The van der Waals surface area contributed by atoms with Crippen molar-refractivity contribution in [1.29, 1.82) is 0 Å². The van der Waals surface area contributed by atoms with Gasteiger partial charge in [0.2, 0.25) is 0 Å². The van der Waals surface area contributed by atoms with Crippen molar-refractivity contribution in [2.24, 2.45) is 0 Å². The van der Waals surface area contributed by atoms with Gasteiger partial charge in [-0.15, -0.1) is 0 Å². The summed E-state index contributed by atoms with van der Waals surface area (Å²) in [6, 6.07) is 6.11. The number of pyridine rings is 1. The predicted molar refractivity (Wildman–Crippen MR) is 72.8 cm³/mol. The third-order valence-corrected chi connectivity index (χ3v) is 4.39. The third kappa shape index (κ3) is 2.96. The molecule has 3 rings (SSSR count). The molecule has 104 valence electrons. The Morgan fingerprint density at radius 3 is 2.89 bits per heavy atom. The zero-order chi connectivity index (χ0) is 13.1. The van der Waals surface area contributed by atoms with E-state index in [0.717, 1.165) is 51.2 Å². The average Bonchev–Trinajstić information content (AvgIpc) is 2.86. The minimum absolute atomic E-state index is 0.0846. The van der Waals surface area contributed by atoms with Gasteiger partial charge >= 0.3 is 0 Å². The molecule has 3 heterocycles. The van der Waals surface area contributed by atoms with Crippen LogP contribution < -0.4 is 0 Å². The molecule has 2 fully saturated rings. The summed E-state index contributed by atoms with van der Waals surface area (Å²) < 4.78 is 11.4. The van der Waals surface area contributed by atoms with Gasteiger partial charge in [0.05, 0.1) is 24.0 Å². The summed E-state index contributed by atoms with van der Waals surface area (Å²) in [5.41, 5.74) is 1.24. The van der Waals surface area contributed by atoms with Gasteiger partial charge in [-0.05, 0) is 25.0 Å². The molecule has 1 spiro atoms. The molecular weight excluding hydrogens is 240 g/mol. The second kappa shape index (κ2) is 5.57. The molecule has 1 atom stereocenters. The van der Waals surface area contributed by atoms with Gasteiger partial charge in [-0.3, -0.25) is 9.88 Å². The normalized spacial score (nSPS) is 26.9. The molecule has 0 radical (unpaired) electrons. The molecule has 4 nitrogen and oxygen atoms in total. The molecule has 1 aromatic rings. The predicted octanol–water partition coefficient (Wildman–Crippen LogP) is 1.85. The second-order valence-electron chi connectivity index (χ2n) is 5.65. The van der Waals surface area contributed by atoms with Crippen molar-refractivity contribution in [2.75, 3.05) is 26.8 Å². The highest BCUT2D eigenvalue weighted by Gasteiger charge is 2.42. The van der Waals surface area contributed by atoms with Gasteiger partial charge in [-0.2, -0.15) is 0 Å². The first-order chi connectivity index (χ1) is 9.30. The second-order valence-corrected chi connectivity index (χ2v) is 5.65. The van der Waals surface area contributed by atoms with Crippen LogP contribution in [0.3, 0.4) is 0 Å². The highest BCUT2D eigenvalue weighted by Crippen LogP contribution is 2.36. The van der Waals surface area contributed by atoms with Crippen LogP contribution in [0.4, 0.5) is 0 Å². The van der Waals surface area contributed by atoms with Gasteiger partial charge in [0.1, 0.15) is 0 Å². The quantitative estimate of drug-likeness (QED) is 0.832. The van der Waals surface area contributed by atoms with Gasteiger partial charge in [-0.25, -0.2) is 0 Å². The Bertz CT molecular complexity index is 402. The fraction of sp³-hybridized carbons (Fsp3) is 0.667. The zero-order valence-electron chi connectivity index (χ0n) is 11.5. The Labute approximate surface area is 114 Å². The lowest BCUT2D eigenvalue weighted by atomic mass is 9.88. The van der Waals surface area contributed by atoms with Gasteiger partial charge < -0.3 is 9.47 Å². The van der Waals surface area contributed by atoms with Crippen molar-refractivity contribution >= 4 is 0 Å². The maximum Gasteiger partial charge on any atom is 0.0832 e. The molecule has 0 aliphatic carbocycles. The smallest absolute Gasteiger partial charge is 0.0832 e. The summed E-state index contributed by atoms with van der Waals surface area (Å²) >= 11 is 0. The topological polar surface area (TPSA) is 34.6 Å². The number of ether oxygens (including phenoxy) is 2. The number of rotatable bonds is 3. The van der Waals surface area contributed by atoms with Crippen LogP contribution in [0.5, 0.6) is 0 Å². The van der Waals surface area contributed by atoms with E-state index in [0.29, 0.717) is 6.10 Å². The Kier molecular flexibility index (Phi) is 3.82. The molecule has 0 N–H and O–H groups in total. The molecule has 0 amide bonds. The van der Waals surface area contributed by atoms with E-state index in [-0.39, 0.29) is 5.60 Å².